The summed E-state index contributed by atoms with van der Waals surface area (Å²) in [4.78, 5) is 11.0. The molecule has 0 bridgehead atoms. The van der Waals surface area contributed by atoms with Crippen LogP contribution in [-0.4, -0.2) is 27.0 Å². The van der Waals surface area contributed by atoms with Crippen molar-refractivity contribution >= 4 is 5.78 Å². The highest BCUT2D eigenvalue weighted by Crippen LogP contribution is 2.31. The zero-order chi connectivity index (χ0) is 13.3. The Bertz CT molecular complexity index is 441. The number of rotatable bonds is 2. The van der Waals surface area contributed by atoms with Crippen LogP contribution in [0, 0.1) is 5.92 Å². The minimum Gasteiger partial charge on any atom is -0.282 e. The van der Waals surface area contributed by atoms with Gasteiger partial charge in [0.2, 0.25) is 0 Å². The average molecular weight is 261 g/mol. The van der Waals surface area contributed by atoms with Crippen molar-refractivity contribution in [2.75, 3.05) is 0 Å². The third kappa shape index (κ3) is 2.70. The van der Waals surface area contributed by atoms with E-state index >= 15 is 0 Å². The molecule has 18 heavy (non-hydrogen) atoms. The van der Waals surface area contributed by atoms with Crippen LogP contribution < -0.4 is 0 Å². The van der Waals surface area contributed by atoms with Crippen LogP contribution in [0.15, 0.2) is 6.20 Å². The number of hydrogen-bond donors (Lipinski definition) is 0. The first-order chi connectivity index (χ1) is 8.38. The van der Waals surface area contributed by atoms with E-state index in [9.17, 15) is 18.0 Å². The molecular weight excluding hydrogens is 247 g/mol. The Labute approximate surface area is 102 Å². The van der Waals surface area contributed by atoms with E-state index in [1.807, 2.05) is 0 Å². The van der Waals surface area contributed by atoms with E-state index in [1.54, 1.807) is 0 Å². The first-order valence-electron chi connectivity index (χ1n) is 5.91. The van der Waals surface area contributed by atoms with Gasteiger partial charge >= 0.3 is 6.18 Å². The van der Waals surface area contributed by atoms with Crippen molar-refractivity contribution in [1.29, 1.82) is 0 Å². The van der Waals surface area contributed by atoms with Crippen molar-refractivity contribution in [3.05, 3.63) is 11.9 Å². The summed E-state index contributed by atoms with van der Waals surface area (Å²) in [5, 5.41) is 6.98. The quantitative estimate of drug-likeness (QED) is 0.769. The molecule has 1 saturated carbocycles. The predicted molar refractivity (Wildman–Crippen MR) is 57.1 cm³/mol. The second-order valence-corrected chi connectivity index (χ2v) is 4.84. The molecule has 7 heteroatoms. The summed E-state index contributed by atoms with van der Waals surface area (Å²) in [6, 6.07) is 0.0519. The molecule has 0 radical (unpaired) electrons. The molecule has 100 valence electrons. The Morgan fingerprint density at radius 2 is 2.17 bits per heavy atom. The fourth-order valence-corrected chi connectivity index (χ4v) is 2.35. The average Bonchev–Trinajstić information content (AvgIpc) is 2.75. The summed E-state index contributed by atoms with van der Waals surface area (Å²) < 4.78 is 38.1. The zero-order valence-corrected chi connectivity index (χ0v) is 9.94. The maximum Gasteiger partial charge on any atom is 0.456 e. The van der Waals surface area contributed by atoms with E-state index < -0.39 is 17.7 Å². The Balaban J connectivity index is 2.13. The fraction of sp³-hybridized carbons (Fsp3) is 0.727. The largest absolute Gasteiger partial charge is 0.456 e. The molecule has 1 aliphatic rings. The standard InChI is InChI=1S/C11H14F3N3O/c1-7-3-2-4-8(5-7)17-6-9(15-16-17)10(18)11(12,13)14/h6-8H,2-5H2,1H3. The van der Waals surface area contributed by atoms with Crippen LogP contribution in [0.5, 0.6) is 0 Å². The lowest BCUT2D eigenvalue weighted by Crippen LogP contribution is -2.23. The number of ketones is 1. The molecule has 0 aliphatic heterocycles. The topological polar surface area (TPSA) is 47.8 Å². The van der Waals surface area contributed by atoms with Gasteiger partial charge in [-0.3, -0.25) is 4.79 Å². The van der Waals surface area contributed by atoms with Gasteiger partial charge in [0.05, 0.1) is 12.2 Å². The van der Waals surface area contributed by atoms with Crippen LogP contribution in [0.3, 0.4) is 0 Å². The lowest BCUT2D eigenvalue weighted by atomic mass is 9.87. The van der Waals surface area contributed by atoms with Gasteiger partial charge in [-0.1, -0.05) is 25.0 Å². The number of alkyl halides is 3. The molecule has 2 atom stereocenters. The molecule has 0 N–H and O–H groups in total. The molecule has 0 aromatic carbocycles. The zero-order valence-electron chi connectivity index (χ0n) is 9.94. The molecule has 0 spiro atoms. The van der Waals surface area contributed by atoms with Crippen molar-refractivity contribution in [1.82, 2.24) is 15.0 Å². The van der Waals surface area contributed by atoms with Gasteiger partial charge in [0.15, 0.2) is 5.69 Å². The molecule has 1 heterocycles. The van der Waals surface area contributed by atoms with Gasteiger partial charge in [-0.15, -0.1) is 5.10 Å². The van der Waals surface area contributed by atoms with Gasteiger partial charge in [0.1, 0.15) is 0 Å². The Hall–Kier alpha value is -1.40. The number of Topliss-reactive ketones (excluding diaryl/α,β-unsaturated/α-hetero) is 1. The third-order valence-corrected chi connectivity index (χ3v) is 3.28. The van der Waals surface area contributed by atoms with Crippen LogP contribution in [0.2, 0.25) is 0 Å². The normalized spacial score (nSPS) is 25.1. The van der Waals surface area contributed by atoms with Crippen LogP contribution in [0.25, 0.3) is 0 Å². The first kappa shape index (κ1) is 13.0. The fourth-order valence-electron chi connectivity index (χ4n) is 2.35. The number of hydrogen-bond acceptors (Lipinski definition) is 3. The summed E-state index contributed by atoms with van der Waals surface area (Å²) in [6.07, 6.45) is 0.101. The molecule has 2 rings (SSSR count). The van der Waals surface area contributed by atoms with E-state index in [0.717, 1.165) is 31.9 Å². The maximum atomic E-state index is 12.2. The molecule has 1 fully saturated rings. The summed E-state index contributed by atoms with van der Waals surface area (Å²) in [5.41, 5.74) is -0.624. The van der Waals surface area contributed by atoms with Gasteiger partial charge in [-0.05, 0) is 18.8 Å². The van der Waals surface area contributed by atoms with E-state index in [2.05, 4.69) is 17.2 Å². The summed E-state index contributed by atoms with van der Waals surface area (Å²) in [5.74, 6) is -1.41. The number of halogens is 3. The number of nitrogens with zero attached hydrogens (tertiary/aromatic N) is 3. The second kappa shape index (κ2) is 4.70. The van der Waals surface area contributed by atoms with Crippen molar-refractivity contribution in [3.63, 3.8) is 0 Å². The molecule has 0 amide bonds. The third-order valence-electron chi connectivity index (χ3n) is 3.28. The van der Waals surface area contributed by atoms with Gasteiger partial charge in [0.25, 0.3) is 5.78 Å². The lowest BCUT2D eigenvalue weighted by Gasteiger charge is -2.26. The van der Waals surface area contributed by atoms with Gasteiger partial charge in [0, 0.05) is 0 Å². The Kier molecular flexibility index (Phi) is 3.41. The van der Waals surface area contributed by atoms with Gasteiger partial charge in [-0.25, -0.2) is 4.68 Å². The van der Waals surface area contributed by atoms with Gasteiger partial charge < -0.3 is 0 Å². The molecule has 2 unspecified atom stereocenters. The predicted octanol–water partition coefficient (Wildman–Crippen LogP) is 2.77. The highest BCUT2D eigenvalue weighted by molar-refractivity contribution is 5.98. The minimum absolute atomic E-state index is 0.0519. The van der Waals surface area contributed by atoms with Crippen molar-refractivity contribution in [3.8, 4) is 0 Å². The van der Waals surface area contributed by atoms with Gasteiger partial charge in [-0.2, -0.15) is 13.2 Å². The molecule has 0 saturated heterocycles. The summed E-state index contributed by atoms with van der Waals surface area (Å²) in [6.45, 7) is 2.10. The van der Waals surface area contributed by atoms with E-state index in [-0.39, 0.29) is 6.04 Å². The van der Waals surface area contributed by atoms with E-state index in [4.69, 9.17) is 0 Å². The van der Waals surface area contributed by atoms with Crippen LogP contribution in [-0.2, 0) is 0 Å². The number of aromatic nitrogens is 3. The van der Waals surface area contributed by atoms with Crippen LogP contribution in [0.4, 0.5) is 13.2 Å². The SMILES string of the molecule is CC1CCCC(n2cc(C(=O)C(F)(F)F)nn2)C1. The highest BCUT2D eigenvalue weighted by Gasteiger charge is 2.41. The second-order valence-electron chi connectivity index (χ2n) is 4.84. The van der Waals surface area contributed by atoms with Crippen LogP contribution >= 0.6 is 0 Å². The van der Waals surface area contributed by atoms with E-state index in [0.29, 0.717) is 5.92 Å². The number of carbonyl (C=O) groups excluding carboxylic acids is 1. The van der Waals surface area contributed by atoms with Crippen molar-refractivity contribution in [2.45, 2.75) is 44.8 Å². The molecule has 1 aromatic heterocycles. The van der Waals surface area contributed by atoms with Crippen molar-refractivity contribution in [2.24, 2.45) is 5.92 Å². The smallest absolute Gasteiger partial charge is 0.282 e. The maximum absolute atomic E-state index is 12.2. The molecule has 1 aromatic rings. The van der Waals surface area contributed by atoms with Crippen LogP contribution in [0.1, 0.15) is 49.1 Å². The summed E-state index contributed by atoms with van der Waals surface area (Å²) in [7, 11) is 0. The minimum atomic E-state index is -4.89. The highest BCUT2D eigenvalue weighted by atomic mass is 19.4. The first-order valence-corrected chi connectivity index (χ1v) is 5.91. The molecule has 4 nitrogen and oxygen atoms in total. The Morgan fingerprint density at radius 1 is 1.44 bits per heavy atom. The van der Waals surface area contributed by atoms with E-state index in [1.165, 1.54) is 4.68 Å². The molecule has 1 aliphatic carbocycles. The Morgan fingerprint density at radius 3 is 2.78 bits per heavy atom. The summed E-state index contributed by atoms with van der Waals surface area (Å²) >= 11 is 0. The van der Waals surface area contributed by atoms with Crippen molar-refractivity contribution < 1.29 is 18.0 Å². The monoisotopic (exact) mass is 261 g/mol. The number of carbonyl (C=O) groups is 1. The lowest BCUT2D eigenvalue weighted by molar-refractivity contribution is -0.0888. The molecular formula is C11H14F3N3O.